The van der Waals surface area contributed by atoms with Gasteiger partial charge in [0.05, 0.1) is 19.3 Å². The standard InChI is InChI=1S/C6H10O2/c1-2-7-3-5(1)6-4-8-6/h5-6H,1-4H2/t5-,6-/m0/s1. The van der Waals surface area contributed by atoms with Gasteiger partial charge in [-0.25, -0.2) is 0 Å². The van der Waals surface area contributed by atoms with Crippen molar-refractivity contribution in [2.24, 2.45) is 5.92 Å². The molecule has 0 aromatic rings. The van der Waals surface area contributed by atoms with E-state index in [1.165, 1.54) is 6.42 Å². The third-order valence-corrected chi connectivity index (χ3v) is 1.85. The van der Waals surface area contributed by atoms with Gasteiger partial charge in [0.2, 0.25) is 0 Å². The minimum Gasteiger partial charge on any atom is -0.381 e. The first-order valence-electron chi connectivity index (χ1n) is 3.16. The molecule has 0 bridgehead atoms. The van der Waals surface area contributed by atoms with Crippen molar-refractivity contribution in [1.29, 1.82) is 0 Å². The molecular formula is C6H10O2. The SMILES string of the molecule is C1C[C@H]([C@@H]2CO2)CO1. The molecule has 2 fully saturated rings. The van der Waals surface area contributed by atoms with Crippen LogP contribution in [0.3, 0.4) is 0 Å². The van der Waals surface area contributed by atoms with Crippen LogP contribution in [0.5, 0.6) is 0 Å². The first kappa shape index (κ1) is 4.77. The molecular weight excluding hydrogens is 104 g/mol. The van der Waals surface area contributed by atoms with Crippen LogP contribution >= 0.6 is 0 Å². The van der Waals surface area contributed by atoms with Crippen LogP contribution in [0.4, 0.5) is 0 Å². The summed E-state index contributed by atoms with van der Waals surface area (Å²) in [5, 5.41) is 0. The molecule has 2 heteroatoms. The van der Waals surface area contributed by atoms with E-state index < -0.39 is 0 Å². The number of rotatable bonds is 1. The van der Waals surface area contributed by atoms with Crippen molar-refractivity contribution in [3.63, 3.8) is 0 Å². The molecule has 0 amide bonds. The lowest BCUT2D eigenvalue weighted by molar-refractivity contribution is 0.178. The normalized spacial score (nSPS) is 45.0. The molecule has 2 rings (SSSR count). The van der Waals surface area contributed by atoms with Gasteiger partial charge in [0, 0.05) is 12.5 Å². The van der Waals surface area contributed by atoms with Gasteiger partial charge in [-0.3, -0.25) is 0 Å². The van der Waals surface area contributed by atoms with E-state index in [-0.39, 0.29) is 0 Å². The molecule has 0 saturated carbocycles. The number of ether oxygens (including phenoxy) is 2. The fourth-order valence-electron chi connectivity index (χ4n) is 1.17. The molecule has 2 aliphatic rings. The zero-order chi connectivity index (χ0) is 5.40. The summed E-state index contributed by atoms with van der Waals surface area (Å²) in [7, 11) is 0. The summed E-state index contributed by atoms with van der Waals surface area (Å²) in [6.07, 6.45) is 1.78. The highest BCUT2D eigenvalue weighted by Crippen LogP contribution is 2.26. The molecule has 0 N–H and O–H groups in total. The second kappa shape index (κ2) is 1.71. The van der Waals surface area contributed by atoms with Gasteiger partial charge < -0.3 is 9.47 Å². The average Bonchev–Trinajstić information content (AvgIpc) is 2.49. The predicted molar refractivity (Wildman–Crippen MR) is 28.7 cm³/mol. The van der Waals surface area contributed by atoms with Gasteiger partial charge in [-0.15, -0.1) is 0 Å². The summed E-state index contributed by atoms with van der Waals surface area (Å²) >= 11 is 0. The van der Waals surface area contributed by atoms with Gasteiger partial charge in [-0.2, -0.15) is 0 Å². The fourth-order valence-corrected chi connectivity index (χ4v) is 1.17. The second-order valence-electron chi connectivity index (χ2n) is 2.50. The van der Waals surface area contributed by atoms with Crippen LogP contribution in [0, 0.1) is 5.92 Å². The summed E-state index contributed by atoms with van der Waals surface area (Å²) in [5.74, 6) is 0.731. The zero-order valence-corrected chi connectivity index (χ0v) is 4.80. The maximum absolute atomic E-state index is 5.18. The Balaban J connectivity index is 1.86. The third kappa shape index (κ3) is 0.740. The van der Waals surface area contributed by atoms with Crippen LogP contribution in [0.1, 0.15) is 6.42 Å². The van der Waals surface area contributed by atoms with Gasteiger partial charge in [0.25, 0.3) is 0 Å². The van der Waals surface area contributed by atoms with Crippen molar-refractivity contribution in [2.45, 2.75) is 12.5 Å². The van der Waals surface area contributed by atoms with Crippen LogP contribution in [0.2, 0.25) is 0 Å². The number of epoxide rings is 1. The topological polar surface area (TPSA) is 21.8 Å². The van der Waals surface area contributed by atoms with E-state index in [4.69, 9.17) is 9.47 Å². The largest absolute Gasteiger partial charge is 0.381 e. The summed E-state index contributed by atoms with van der Waals surface area (Å²) in [6.45, 7) is 2.86. The van der Waals surface area contributed by atoms with Gasteiger partial charge in [-0.05, 0) is 6.42 Å². The molecule has 0 spiro atoms. The summed E-state index contributed by atoms with van der Waals surface area (Å²) in [4.78, 5) is 0. The highest BCUT2D eigenvalue weighted by Gasteiger charge is 2.34. The fraction of sp³-hybridized carbons (Fsp3) is 1.00. The van der Waals surface area contributed by atoms with Crippen LogP contribution in [-0.4, -0.2) is 25.9 Å². The van der Waals surface area contributed by atoms with Gasteiger partial charge in [0.1, 0.15) is 0 Å². The maximum atomic E-state index is 5.18. The summed E-state index contributed by atoms with van der Waals surface area (Å²) in [5.41, 5.74) is 0. The molecule has 2 atom stereocenters. The van der Waals surface area contributed by atoms with Gasteiger partial charge >= 0.3 is 0 Å². The van der Waals surface area contributed by atoms with Gasteiger partial charge in [-0.1, -0.05) is 0 Å². The molecule has 0 aliphatic carbocycles. The van der Waals surface area contributed by atoms with E-state index in [0.29, 0.717) is 6.10 Å². The summed E-state index contributed by atoms with van der Waals surface area (Å²) in [6, 6.07) is 0. The quantitative estimate of drug-likeness (QED) is 0.461. The Hall–Kier alpha value is -0.0800. The monoisotopic (exact) mass is 114 g/mol. The molecule has 2 aliphatic heterocycles. The van der Waals surface area contributed by atoms with Crippen molar-refractivity contribution in [2.75, 3.05) is 19.8 Å². The van der Waals surface area contributed by atoms with Crippen molar-refractivity contribution >= 4 is 0 Å². The molecule has 8 heavy (non-hydrogen) atoms. The smallest absolute Gasteiger partial charge is 0.0860 e. The van der Waals surface area contributed by atoms with E-state index in [9.17, 15) is 0 Å². The van der Waals surface area contributed by atoms with Crippen LogP contribution in [0.15, 0.2) is 0 Å². The Bertz CT molecular complexity index is 82.5. The number of hydrogen-bond donors (Lipinski definition) is 0. The van der Waals surface area contributed by atoms with Crippen molar-refractivity contribution < 1.29 is 9.47 Å². The van der Waals surface area contributed by atoms with Crippen LogP contribution < -0.4 is 0 Å². The molecule has 2 nitrogen and oxygen atoms in total. The van der Waals surface area contributed by atoms with E-state index in [1.54, 1.807) is 0 Å². The van der Waals surface area contributed by atoms with Gasteiger partial charge in [0.15, 0.2) is 0 Å². The van der Waals surface area contributed by atoms with E-state index >= 15 is 0 Å². The molecule has 0 unspecified atom stereocenters. The van der Waals surface area contributed by atoms with Crippen molar-refractivity contribution in [1.82, 2.24) is 0 Å². The Morgan fingerprint density at radius 3 is 2.62 bits per heavy atom. The molecule has 0 radical (unpaired) electrons. The molecule has 2 heterocycles. The average molecular weight is 114 g/mol. The van der Waals surface area contributed by atoms with E-state index in [1.807, 2.05) is 0 Å². The highest BCUT2D eigenvalue weighted by molar-refractivity contribution is 4.81. The van der Waals surface area contributed by atoms with Crippen LogP contribution in [-0.2, 0) is 9.47 Å². The predicted octanol–water partition coefficient (Wildman–Crippen LogP) is 0.422. The first-order chi connectivity index (χ1) is 3.97. The Morgan fingerprint density at radius 2 is 2.12 bits per heavy atom. The Morgan fingerprint density at radius 1 is 1.25 bits per heavy atom. The molecule has 0 aromatic carbocycles. The van der Waals surface area contributed by atoms with E-state index in [0.717, 1.165) is 25.7 Å². The maximum Gasteiger partial charge on any atom is 0.0860 e. The molecule has 2 saturated heterocycles. The second-order valence-corrected chi connectivity index (χ2v) is 2.50. The minimum absolute atomic E-state index is 0.567. The van der Waals surface area contributed by atoms with E-state index in [2.05, 4.69) is 0 Å². The van der Waals surface area contributed by atoms with Crippen molar-refractivity contribution in [3.05, 3.63) is 0 Å². The van der Waals surface area contributed by atoms with Crippen LogP contribution in [0.25, 0.3) is 0 Å². The number of hydrogen-bond acceptors (Lipinski definition) is 2. The molecule has 46 valence electrons. The lowest BCUT2D eigenvalue weighted by Gasteiger charge is -1.97. The first-order valence-corrected chi connectivity index (χ1v) is 3.16. The minimum atomic E-state index is 0.567. The molecule has 0 aromatic heterocycles. The zero-order valence-electron chi connectivity index (χ0n) is 4.80. The summed E-state index contributed by atoms with van der Waals surface area (Å²) < 4.78 is 10.3. The lowest BCUT2D eigenvalue weighted by Crippen LogP contribution is -2.06. The Kier molecular flexibility index (Phi) is 1.02. The lowest BCUT2D eigenvalue weighted by atomic mass is 10.1. The Labute approximate surface area is 48.8 Å². The highest BCUT2D eigenvalue weighted by atomic mass is 16.6. The third-order valence-electron chi connectivity index (χ3n) is 1.85. The van der Waals surface area contributed by atoms with Crippen molar-refractivity contribution in [3.8, 4) is 0 Å².